The van der Waals surface area contributed by atoms with E-state index < -0.39 is 5.54 Å². The van der Waals surface area contributed by atoms with E-state index in [4.69, 9.17) is 5.73 Å². The Morgan fingerprint density at radius 3 is 2.48 bits per heavy atom. The molecule has 0 aromatic heterocycles. The lowest BCUT2D eigenvalue weighted by Gasteiger charge is -2.32. The second-order valence-corrected chi connectivity index (χ2v) is 6.51. The molecule has 0 spiro atoms. The highest BCUT2D eigenvalue weighted by Gasteiger charge is 2.28. The lowest BCUT2D eigenvalue weighted by atomic mass is 9.85. The fourth-order valence-corrected chi connectivity index (χ4v) is 3.03. The summed E-state index contributed by atoms with van der Waals surface area (Å²) in [6.45, 7) is 2.41. The summed E-state index contributed by atoms with van der Waals surface area (Å²) < 4.78 is 1.04. The van der Waals surface area contributed by atoms with Crippen LogP contribution in [0.3, 0.4) is 0 Å². The number of nitrogens with two attached hydrogens (primary N) is 1. The summed E-state index contributed by atoms with van der Waals surface area (Å²) in [4.78, 5) is 12.1. The quantitative estimate of drug-likeness (QED) is 0.779. The van der Waals surface area contributed by atoms with Crippen LogP contribution in [-0.4, -0.2) is 12.5 Å². The molecule has 0 aliphatic carbocycles. The van der Waals surface area contributed by atoms with Gasteiger partial charge in [-0.2, -0.15) is 0 Å². The minimum absolute atomic E-state index is 0. The zero-order valence-electron chi connectivity index (χ0n) is 13.1. The predicted octanol–water partition coefficient (Wildman–Crippen LogP) is 3.79. The zero-order valence-corrected chi connectivity index (χ0v) is 15.5. The molecule has 5 heteroatoms. The summed E-state index contributed by atoms with van der Waals surface area (Å²) in [6.07, 6.45) is 1.05. The SMILES string of the molecule is CC(Cc1cccc(Br)c1)(NC(=O)CCN)c1ccccc1.Cl. The Kier molecular flexibility index (Phi) is 7.76. The first-order valence-corrected chi connectivity index (χ1v) is 8.14. The van der Waals surface area contributed by atoms with Gasteiger partial charge in [0.2, 0.25) is 5.91 Å². The van der Waals surface area contributed by atoms with Crippen LogP contribution in [-0.2, 0) is 16.8 Å². The van der Waals surface area contributed by atoms with Gasteiger partial charge in [-0.25, -0.2) is 0 Å². The van der Waals surface area contributed by atoms with Crippen LogP contribution in [0.5, 0.6) is 0 Å². The van der Waals surface area contributed by atoms with Crippen LogP contribution in [0.25, 0.3) is 0 Å². The topological polar surface area (TPSA) is 55.1 Å². The summed E-state index contributed by atoms with van der Waals surface area (Å²) in [7, 11) is 0. The third-order valence-electron chi connectivity index (χ3n) is 3.64. The molecule has 124 valence electrons. The molecule has 3 nitrogen and oxygen atoms in total. The molecule has 0 aliphatic rings. The Labute approximate surface area is 152 Å². The molecule has 1 amide bonds. The van der Waals surface area contributed by atoms with E-state index in [1.54, 1.807) is 0 Å². The van der Waals surface area contributed by atoms with Gasteiger partial charge in [-0.05, 0) is 36.6 Å². The summed E-state index contributed by atoms with van der Waals surface area (Å²) in [5, 5.41) is 3.14. The van der Waals surface area contributed by atoms with E-state index in [2.05, 4.69) is 40.3 Å². The molecule has 3 N–H and O–H groups in total. The van der Waals surface area contributed by atoms with Crippen molar-refractivity contribution in [2.75, 3.05) is 6.54 Å². The van der Waals surface area contributed by atoms with Gasteiger partial charge in [-0.3, -0.25) is 4.79 Å². The van der Waals surface area contributed by atoms with Crippen molar-refractivity contribution in [1.29, 1.82) is 0 Å². The Morgan fingerprint density at radius 2 is 1.87 bits per heavy atom. The molecule has 0 saturated carbocycles. The Bertz CT molecular complexity index is 636. The van der Waals surface area contributed by atoms with Crippen molar-refractivity contribution in [2.45, 2.75) is 25.3 Å². The van der Waals surface area contributed by atoms with Gasteiger partial charge >= 0.3 is 0 Å². The van der Waals surface area contributed by atoms with Gasteiger partial charge in [0, 0.05) is 17.4 Å². The first-order valence-electron chi connectivity index (χ1n) is 7.34. The number of carbonyl (C=O) groups excluding carboxylic acids is 1. The van der Waals surface area contributed by atoms with Crippen LogP contribution in [0.2, 0.25) is 0 Å². The molecule has 1 atom stereocenters. The lowest BCUT2D eigenvalue weighted by Crippen LogP contribution is -2.45. The van der Waals surface area contributed by atoms with Crippen molar-refractivity contribution in [3.8, 4) is 0 Å². The van der Waals surface area contributed by atoms with Crippen LogP contribution in [0.15, 0.2) is 59.1 Å². The molecule has 0 saturated heterocycles. The number of hydrogen-bond donors (Lipinski definition) is 2. The summed E-state index contributed by atoms with van der Waals surface area (Å²) in [5.74, 6) is -0.0242. The third-order valence-corrected chi connectivity index (χ3v) is 4.14. The zero-order chi connectivity index (χ0) is 16.0. The normalized spacial score (nSPS) is 12.8. The molecule has 1 unspecified atom stereocenters. The van der Waals surface area contributed by atoms with E-state index in [0.29, 0.717) is 19.4 Å². The standard InChI is InChI=1S/C18H21BrN2O.ClH/c1-18(21-17(22)10-11-20,15-7-3-2-4-8-15)13-14-6-5-9-16(19)12-14;/h2-9,12H,10-11,13,20H2,1H3,(H,21,22);1H. The number of nitrogens with one attached hydrogen (secondary N) is 1. The molecule has 0 radical (unpaired) electrons. The molecule has 2 rings (SSSR count). The van der Waals surface area contributed by atoms with Crippen molar-refractivity contribution in [3.05, 3.63) is 70.2 Å². The van der Waals surface area contributed by atoms with Crippen molar-refractivity contribution in [2.24, 2.45) is 5.73 Å². The summed E-state index contributed by atoms with van der Waals surface area (Å²) in [5.41, 5.74) is 7.27. The fourth-order valence-electron chi connectivity index (χ4n) is 2.58. The summed E-state index contributed by atoms with van der Waals surface area (Å²) in [6, 6.07) is 18.2. The monoisotopic (exact) mass is 396 g/mol. The average molecular weight is 398 g/mol. The first-order chi connectivity index (χ1) is 10.5. The number of carbonyl (C=O) groups is 1. The molecule has 2 aromatic carbocycles. The highest BCUT2D eigenvalue weighted by atomic mass is 79.9. The molecule has 0 heterocycles. The minimum Gasteiger partial charge on any atom is -0.346 e. The third kappa shape index (κ3) is 5.65. The Morgan fingerprint density at radius 1 is 1.17 bits per heavy atom. The lowest BCUT2D eigenvalue weighted by molar-refractivity contribution is -0.122. The molecule has 23 heavy (non-hydrogen) atoms. The van der Waals surface area contributed by atoms with Gasteiger partial charge in [0.05, 0.1) is 5.54 Å². The molecule has 0 bridgehead atoms. The number of benzene rings is 2. The number of rotatable bonds is 6. The summed E-state index contributed by atoms with van der Waals surface area (Å²) >= 11 is 3.50. The van der Waals surface area contributed by atoms with Crippen LogP contribution in [0, 0.1) is 0 Å². The van der Waals surface area contributed by atoms with E-state index >= 15 is 0 Å². The molecular formula is C18H22BrClN2O. The van der Waals surface area contributed by atoms with Crippen LogP contribution < -0.4 is 11.1 Å². The van der Waals surface area contributed by atoms with Gasteiger partial charge in [-0.1, -0.05) is 58.4 Å². The second-order valence-electron chi connectivity index (χ2n) is 5.59. The van der Waals surface area contributed by atoms with Crippen LogP contribution in [0.1, 0.15) is 24.5 Å². The van der Waals surface area contributed by atoms with Crippen molar-refractivity contribution >= 4 is 34.2 Å². The van der Waals surface area contributed by atoms with Crippen molar-refractivity contribution in [3.63, 3.8) is 0 Å². The van der Waals surface area contributed by atoms with E-state index in [1.807, 2.05) is 42.5 Å². The minimum atomic E-state index is -0.464. The number of amides is 1. The Hall–Kier alpha value is -1.36. The first kappa shape index (κ1) is 19.7. The highest BCUT2D eigenvalue weighted by Crippen LogP contribution is 2.26. The number of halogens is 2. The van der Waals surface area contributed by atoms with Crippen molar-refractivity contribution < 1.29 is 4.79 Å². The van der Waals surface area contributed by atoms with Crippen LogP contribution >= 0.6 is 28.3 Å². The van der Waals surface area contributed by atoms with E-state index in [0.717, 1.165) is 15.6 Å². The molecule has 0 aliphatic heterocycles. The number of hydrogen-bond acceptors (Lipinski definition) is 2. The van der Waals surface area contributed by atoms with E-state index in [9.17, 15) is 4.79 Å². The maximum atomic E-state index is 12.1. The van der Waals surface area contributed by atoms with Crippen LogP contribution in [0.4, 0.5) is 0 Å². The maximum absolute atomic E-state index is 12.1. The van der Waals surface area contributed by atoms with Gasteiger partial charge in [0.25, 0.3) is 0 Å². The molecule has 0 fully saturated rings. The predicted molar refractivity (Wildman–Crippen MR) is 101 cm³/mol. The van der Waals surface area contributed by atoms with Gasteiger partial charge in [0.15, 0.2) is 0 Å². The van der Waals surface area contributed by atoms with Gasteiger partial charge < -0.3 is 11.1 Å². The maximum Gasteiger partial charge on any atom is 0.221 e. The van der Waals surface area contributed by atoms with Gasteiger partial charge in [0.1, 0.15) is 0 Å². The highest BCUT2D eigenvalue weighted by molar-refractivity contribution is 9.10. The van der Waals surface area contributed by atoms with Crippen molar-refractivity contribution in [1.82, 2.24) is 5.32 Å². The molecular weight excluding hydrogens is 376 g/mol. The van der Waals surface area contributed by atoms with E-state index in [1.165, 1.54) is 0 Å². The smallest absolute Gasteiger partial charge is 0.221 e. The fraction of sp³-hybridized carbons (Fsp3) is 0.278. The largest absolute Gasteiger partial charge is 0.346 e. The molecule has 2 aromatic rings. The Balaban J connectivity index is 0.00000264. The van der Waals surface area contributed by atoms with E-state index in [-0.39, 0.29) is 18.3 Å². The average Bonchev–Trinajstić information content (AvgIpc) is 2.48. The van der Waals surface area contributed by atoms with Gasteiger partial charge in [-0.15, -0.1) is 12.4 Å². The second kappa shape index (κ2) is 9.06.